The van der Waals surface area contributed by atoms with Gasteiger partial charge in [0.15, 0.2) is 0 Å². The van der Waals surface area contributed by atoms with E-state index < -0.39 is 0 Å². The minimum absolute atomic E-state index is 0.554. The number of hydrogen-bond acceptors (Lipinski definition) is 3. The van der Waals surface area contributed by atoms with Crippen LogP contribution in [-0.4, -0.2) is 29.0 Å². The first-order valence-electron chi connectivity index (χ1n) is 7.14. The monoisotopic (exact) mass is 255 g/mol. The molecule has 3 nitrogen and oxygen atoms in total. The zero-order valence-corrected chi connectivity index (χ0v) is 11.3. The quantitative estimate of drug-likeness (QED) is 0.916. The van der Waals surface area contributed by atoms with Gasteiger partial charge < -0.3 is 5.73 Å². The Labute approximate surface area is 114 Å². The molecule has 0 radical (unpaired) electrons. The highest BCUT2D eigenvalue weighted by atomic mass is 15.2. The third-order valence-electron chi connectivity index (χ3n) is 4.07. The molecule has 0 saturated carbocycles. The summed E-state index contributed by atoms with van der Waals surface area (Å²) < 4.78 is 0. The molecule has 2 aromatic rings. The summed E-state index contributed by atoms with van der Waals surface area (Å²) in [7, 11) is 0. The number of benzene rings is 1. The van der Waals surface area contributed by atoms with E-state index in [2.05, 4.69) is 34.1 Å². The maximum atomic E-state index is 5.89. The normalized spacial score (nSPS) is 20.8. The Morgan fingerprint density at radius 1 is 1.26 bits per heavy atom. The summed E-state index contributed by atoms with van der Waals surface area (Å²) in [4.78, 5) is 6.90. The van der Waals surface area contributed by atoms with Crippen molar-refractivity contribution in [2.24, 2.45) is 5.73 Å². The van der Waals surface area contributed by atoms with Crippen LogP contribution in [0.5, 0.6) is 0 Å². The van der Waals surface area contributed by atoms with Gasteiger partial charge in [-0.1, -0.05) is 18.6 Å². The number of pyridine rings is 1. The molecule has 2 heterocycles. The maximum absolute atomic E-state index is 5.89. The summed E-state index contributed by atoms with van der Waals surface area (Å²) in [5.74, 6) is 0. The fourth-order valence-electron chi connectivity index (χ4n) is 2.99. The Hall–Kier alpha value is -1.45. The standard InChI is InChI=1S/C16H21N3/c17-11-15-5-1-2-9-19(15)12-13-6-7-16-14(10-13)4-3-8-18-16/h3-4,6-8,10,15H,1-2,5,9,11-12,17H2. The highest BCUT2D eigenvalue weighted by Gasteiger charge is 2.20. The molecular weight excluding hydrogens is 234 g/mol. The maximum Gasteiger partial charge on any atom is 0.0702 e. The van der Waals surface area contributed by atoms with Gasteiger partial charge in [-0.25, -0.2) is 0 Å². The molecule has 100 valence electrons. The van der Waals surface area contributed by atoms with Crippen molar-refractivity contribution >= 4 is 10.9 Å². The van der Waals surface area contributed by atoms with Crippen molar-refractivity contribution < 1.29 is 0 Å². The first kappa shape index (κ1) is 12.6. The van der Waals surface area contributed by atoms with E-state index in [-0.39, 0.29) is 0 Å². The average molecular weight is 255 g/mol. The van der Waals surface area contributed by atoms with Crippen LogP contribution >= 0.6 is 0 Å². The molecule has 0 aliphatic carbocycles. The molecule has 1 aromatic carbocycles. The van der Waals surface area contributed by atoms with Gasteiger partial charge in [0.1, 0.15) is 0 Å². The van der Waals surface area contributed by atoms with Crippen LogP contribution in [0.2, 0.25) is 0 Å². The van der Waals surface area contributed by atoms with E-state index >= 15 is 0 Å². The fourth-order valence-corrected chi connectivity index (χ4v) is 2.99. The topological polar surface area (TPSA) is 42.1 Å². The summed E-state index contributed by atoms with van der Waals surface area (Å²) in [6.07, 6.45) is 5.70. The van der Waals surface area contributed by atoms with E-state index in [0.29, 0.717) is 6.04 Å². The number of aromatic nitrogens is 1. The van der Waals surface area contributed by atoms with E-state index in [4.69, 9.17) is 5.73 Å². The molecule has 0 amide bonds. The van der Waals surface area contributed by atoms with Crippen LogP contribution in [0.4, 0.5) is 0 Å². The Morgan fingerprint density at radius 2 is 2.21 bits per heavy atom. The van der Waals surface area contributed by atoms with Gasteiger partial charge in [0.25, 0.3) is 0 Å². The summed E-state index contributed by atoms with van der Waals surface area (Å²) in [6, 6.07) is 11.2. The number of likely N-dealkylation sites (tertiary alicyclic amines) is 1. The molecule has 1 aromatic heterocycles. The number of fused-ring (bicyclic) bond motifs is 1. The van der Waals surface area contributed by atoms with E-state index in [1.807, 2.05) is 12.3 Å². The SMILES string of the molecule is NCC1CCCCN1Cc1ccc2ncccc2c1. The summed E-state index contributed by atoms with van der Waals surface area (Å²) in [5, 5.41) is 1.22. The van der Waals surface area contributed by atoms with Gasteiger partial charge in [-0.2, -0.15) is 0 Å². The van der Waals surface area contributed by atoms with Crippen molar-refractivity contribution in [2.75, 3.05) is 13.1 Å². The first-order valence-corrected chi connectivity index (χ1v) is 7.14. The van der Waals surface area contributed by atoms with Crippen molar-refractivity contribution in [3.8, 4) is 0 Å². The van der Waals surface area contributed by atoms with Crippen LogP contribution in [0.3, 0.4) is 0 Å². The van der Waals surface area contributed by atoms with Crippen LogP contribution in [0.1, 0.15) is 24.8 Å². The largest absolute Gasteiger partial charge is 0.329 e. The van der Waals surface area contributed by atoms with Crippen molar-refractivity contribution in [1.29, 1.82) is 0 Å². The molecule has 19 heavy (non-hydrogen) atoms. The van der Waals surface area contributed by atoms with Gasteiger partial charge in [0.05, 0.1) is 5.52 Å². The predicted molar refractivity (Wildman–Crippen MR) is 78.8 cm³/mol. The third kappa shape index (κ3) is 2.77. The molecule has 3 rings (SSSR count). The fraction of sp³-hybridized carbons (Fsp3) is 0.438. The zero-order chi connectivity index (χ0) is 13.1. The molecular formula is C16H21N3. The first-order chi connectivity index (χ1) is 9.36. The number of nitrogens with zero attached hydrogens (tertiary/aromatic N) is 2. The minimum atomic E-state index is 0.554. The molecule has 1 unspecified atom stereocenters. The second-order valence-corrected chi connectivity index (χ2v) is 5.39. The number of nitrogens with two attached hydrogens (primary N) is 1. The Balaban J connectivity index is 1.80. The molecule has 1 atom stereocenters. The molecule has 1 saturated heterocycles. The molecule has 0 bridgehead atoms. The van der Waals surface area contributed by atoms with Crippen molar-refractivity contribution in [3.63, 3.8) is 0 Å². The Kier molecular flexibility index (Phi) is 3.76. The highest BCUT2D eigenvalue weighted by molar-refractivity contribution is 5.78. The van der Waals surface area contributed by atoms with Crippen LogP contribution in [0, 0.1) is 0 Å². The molecule has 3 heteroatoms. The highest BCUT2D eigenvalue weighted by Crippen LogP contribution is 2.20. The average Bonchev–Trinajstić information content (AvgIpc) is 2.48. The van der Waals surface area contributed by atoms with E-state index in [9.17, 15) is 0 Å². The predicted octanol–water partition coefficient (Wildman–Crippen LogP) is 2.55. The minimum Gasteiger partial charge on any atom is -0.329 e. The Bertz CT molecular complexity index is 552. The van der Waals surface area contributed by atoms with Gasteiger partial charge in [-0.15, -0.1) is 0 Å². The van der Waals surface area contributed by atoms with Crippen molar-refractivity contribution in [2.45, 2.75) is 31.8 Å². The van der Waals surface area contributed by atoms with Gasteiger partial charge in [0, 0.05) is 30.7 Å². The van der Waals surface area contributed by atoms with Crippen LogP contribution < -0.4 is 5.73 Å². The van der Waals surface area contributed by atoms with E-state index in [1.165, 1.54) is 36.8 Å². The lowest BCUT2D eigenvalue weighted by atomic mass is 10.0. The second-order valence-electron chi connectivity index (χ2n) is 5.39. The summed E-state index contributed by atoms with van der Waals surface area (Å²) in [5.41, 5.74) is 8.32. The lowest BCUT2D eigenvalue weighted by Crippen LogP contribution is -2.43. The van der Waals surface area contributed by atoms with Gasteiger partial charge >= 0.3 is 0 Å². The van der Waals surface area contributed by atoms with Crippen LogP contribution in [0.25, 0.3) is 10.9 Å². The summed E-state index contributed by atoms with van der Waals surface area (Å²) in [6.45, 7) is 2.95. The van der Waals surface area contributed by atoms with Gasteiger partial charge in [0.2, 0.25) is 0 Å². The Morgan fingerprint density at radius 3 is 3.11 bits per heavy atom. The third-order valence-corrected chi connectivity index (χ3v) is 4.07. The molecule has 1 fully saturated rings. The molecule has 2 N–H and O–H groups in total. The van der Waals surface area contributed by atoms with Crippen LogP contribution in [-0.2, 0) is 6.54 Å². The van der Waals surface area contributed by atoms with E-state index in [0.717, 1.165) is 18.6 Å². The van der Waals surface area contributed by atoms with E-state index in [1.54, 1.807) is 0 Å². The molecule has 0 spiro atoms. The molecule has 1 aliphatic rings. The number of piperidine rings is 1. The lowest BCUT2D eigenvalue weighted by Gasteiger charge is -2.35. The zero-order valence-electron chi connectivity index (χ0n) is 11.3. The smallest absolute Gasteiger partial charge is 0.0702 e. The number of rotatable bonds is 3. The summed E-state index contributed by atoms with van der Waals surface area (Å²) >= 11 is 0. The van der Waals surface area contributed by atoms with Crippen molar-refractivity contribution in [3.05, 3.63) is 42.1 Å². The van der Waals surface area contributed by atoms with Gasteiger partial charge in [-0.3, -0.25) is 9.88 Å². The number of hydrogen-bond donors (Lipinski definition) is 1. The molecule has 1 aliphatic heterocycles. The van der Waals surface area contributed by atoms with Crippen molar-refractivity contribution in [1.82, 2.24) is 9.88 Å². The van der Waals surface area contributed by atoms with Gasteiger partial charge in [-0.05, 0) is 43.1 Å². The lowest BCUT2D eigenvalue weighted by molar-refractivity contribution is 0.145. The second kappa shape index (κ2) is 5.68. The van der Waals surface area contributed by atoms with Crippen LogP contribution in [0.15, 0.2) is 36.5 Å².